The van der Waals surface area contributed by atoms with Crippen molar-refractivity contribution < 1.29 is 18.8 Å². The van der Waals surface area contributed by atoms with Crippen LogP contribution in [0.15, 0.2) is 41.2 Å². The van der Waals surface area contributed by atoms with E-state index in [1.54, 1.807) is 30.5 Å². The van der Waals surface area contributed by atoms with Crippen LogP contribution in [0.3, 0.4) is 0 Å². The molecule has 0 fully saturated rings. The number of nitrogens with one attached hydrogen (secondary N) is 1. The van der Waals surface area contributed by atoms with Gasteiger partial charge in [0.25, 0.3) is 0 Å². The smallest absolute Gasteiger partial charge is 0.337 e. The van der Waals surface area contributed by atoms with E-state index in [1.165, 1.54) is 18.0 Å². The lowest BCUT2D eigenvalue weighted by Gasteiger charge is -2.04. The molecule has 10 heteroatoms. The predicted molar refractivity (Wildman–Crippen MR) is 89.6 cm³/mol. The van der Waals surface area contributed by atoms with Crippen molar-refractivity contribution in [2.75, 3.05) is 7.11 Å². The molecule has 0 atom stereocenters. The third-order valence-electron chi connectivity index (χ3n) is 3.40. The number of esters is 1. The molecule has 0 radical (unpaired) electrons. The number of halogens is 1. The first-order valence-electron chi connectivity index (χ1n) is 7.51. The normalized spacial score (nSPS) is 10.5. The highest BCUT2D eigenvalue weighted by Gasteiger charge is 2.15. The highest BCUT2D eigenvalue weighted by atomic mass is 35.5. The van der Waals surface area contributed by atoms with Gasteiger partial charge in [0.05, 0.1) is 23.9 Å². The van der Waals surface area contributed by atoms with Crippen LogP contribution in [-0.4, -0.2) is 38.9 Å². The average Bonchev–Trinajstić information content (AvgIpc) is 3.29. The Morgan fingerprint density at radius 2 is 2.08 bits per heavy atom. The lowest BCUT2D eigenvalue weighted by molar-refractivity contribution is 0.0600. The minimum Gasteiger partial charge on any atom is -0.465 e. The van der Waals surface area contributed by atoms with Crippen LogP contribution in [0.4, 0.5) is 0 Å². The van der Waals surface area contributed by atoms with Gasteiger partial charge in [-0.1, -0.05) is 28.9 Å². The van der Waals surface area contributed by atoms with E-state index in [-0.39, 0.29) is 19.0 Å². The van der Waals surface area contributed by atoms with Gasteiger partial charge in [-0.2, -0.15) is 10.1 Å². The zero-order valence-corrected chi connectivity index (χ0v) is 14.4. The molecule has 3 aromatic rings. The quantitative estimate of drug-likeness (QED) is 0.652. The van der Waals surface area contributed by atoms with E-state index in [2.05, 4.69) is 25.3 Å². The summed E-state index contributed by atoms with van der Waals surface area (Å²) in [5.41, 5.74) is 1.24. The zero-order chi connectivity index (χ0) is 18.5. The van der Waals surface area contributed by atoms with E-state index in [1.807, 2.05) is 0 Å². The Bertz CT molecular complexity index is 919. The van der Waals surface area contributed by atoms with Gasteiger partial charge in [-0.25, -0.2) is 4.79 Å². The first-order valence-corrected chi connectivity index (χ1v) is 7.89. The van der Waals surface area contributed by atoms with Crippen LogP contribution in [0, 0.1) is 0 Å². The first-order chi connectivity index (χ1) is 12.5. The molecule has 1 N–H and O–H groups in total. The SMILES string of the molecule is COC(=O)c1ccc(CNC(=O)c2nc(Cn3cc(Cl)cn3)no2)cc1. The van der Waals surface area contributed by atoms with E-state index in [0.29, 0.717) is 16.4 Å². The average molecular weight is 376 g/mol. The maximum atomic E-state index is 12.1. The maximum Gasteiger partial charge on any atom is 0.337 e. The van der Waals surface area contributed by atoms with Crippen molar-refractivity contribution >= 4 is 23.5 Å². The van der Waals surface area contributed by atoms with Crippen molar-refractivity contribution in [2.45, 2.75) is 13.1 Å². The molecule has 3 rings (SSSR count). The van der Waals surface area contributed by atoms with Crippen LogP contribution in [0.1, 0.15) is 32.4 Å². The minimum atomic E-state index is -0.501. The molecule has 0 bridgehead atoms. The number of benzene rings is 1. The van der Waals surface area contributed by atoms with Crippen LogP contribution >= 0.6 is 11.6 Å². The Hall–Kier alpha value is -3.20. The second kappa shape index (κ2) is 7.79. The summed E-state index contributed by atoms with van der Waals surface area (Å²) in [6.45, 7) is 0.477. The van der Waals surface area contributed by atoms with Crippen LogP contribution in [0.2, 0.25) is 5.02 Å². The van der Waals surface area contributed by atoms with Crippen molar-refractivity contribution in [3.8, 4) is 0 Å². The summed E-state index contributed by atoms with van der Waals surface area (Å²) in [5, 5.41) is 10.9. The van der Waals surface area contributed by atoms with Gasteiger partial charge >= 0.3 is 17.8 Å². The van der Waals surface area contributed by atoms with Crippen LogP contribution in [0.5, 0.6) is 0 Å². The fraction of sp³-hybridized carbons (Fsp3) is 0.188. The monoisotopic (exact) mass is 375 g/mol. The number of ether oxygens (including phenoxy) is 1. The molecule has 9 nitrogen and oxygen atoms in total. The molecule has 1 aromatic carbocycles. The van der Waals surface area contributed by atoms with Crippen molar-refractivity contribution in [3.05, 3.63) is 64.5 Å². The Morgan fingerprint density at radius 1 is 1.31 bits per heavy atom. The largest absolute Gasteiger partial charge is 0.465 e. The summed E-state index contributed by atoms with van der Waals surface area (Å²) in [6, 6.07) is 6.67. The van der Waals surface area contributed by atoms with Gasteiger partial charge in [0.15, 0.2) is 5.82 Å². The molecule has 0 unspecified atom stereocenters. The molecule has 1 amide bonds. The Kier molecular flexibility index (Phi) is 5.28. The molecule has 0 aliphatic heterocycles. The summed E-state index contributed by atoms with van der Waals surface area (Å²) >= 11 is 5.78. The van der Waals surface area contributed by atoms with Gasteiger partial charge in [0, 0.05) is 12.7 Å². The van der Waals surface area contributed by atoms with E-state index in [4.69, 9.17) is 16.1 Å². The van der Waals surface area contributed by atoms with Crippen molar-refractivity contribution in [1.29, 1.82) is 0 Å². The third kappa shape index (κ3) is 4.25. The van der Waals surface area contributed by atoms with E-state index >= 15 is 0 Å². The number of aromatic nitrogens is 4. The number of methoxy groups -OCH3 is 1. The molecule has 2 aromatic heterocycles. The maximum absolute atomic E-state index is 12.1. The molecule has 134 valence electrons. The molecular weight excluding hydrogens is 362 g/mol. The molecule has 0 saturated carbocycles. The van der Waals surface area contributed by atoms with Crippen LogP contribution in [0.25, 0.3) is 0 Å². The molecule has 2 heterocycles. The van der Waals surface area contributed by atoms with Gasteiger partial charge in [-0.15, -0.1) is 0 Å². The fourth-order valence-corrected chi connectivity index (χ4v) is 2.27. The number of hydrogen-bond acceptors (Lipinski definition) is 7. The van der Waals surface area contributed by atoms with Crippen molar-refractivity contribution in [2.24, 2.45) is 0 Å². The second-order valence-electron chi connectivity index (χ2n) is 5.24. The lowest BCUT2D eigenvalue weighted by Crippen LogP contribution is -2.23. The molecule has 0 saturated heterocycles. The summed E-state index contributed by atoms with van der Waals surface area (Å²) in [6.07, 6.45) is 3.09. The number of hydrogen-bond donors (Lipinski definition) is 1. The Balaban J connectivity index is 1.56. The van der Waals surface area contributed by atoms with E-state index in [0.717, 1.165) is 5.56 Å². The number of rotatable bonds is 6. The van der Waals surface area contributed by atoms with Gasteiger partial charge in [0.2, 0.25) is 0 Å². The van der Waals surface area contributed by atoms with E-state index < -0.39 is 11.9 Å². The lowest BCUT2D eigenvalue weighted by atomic mass is 10.1. The zero-order valence-electron chi connectivity index (χ0n) is 13.7. The second-order valence-corrected chi connectivity index (χ2v) is 5.68. The predicted octanol–water partition coefficient (Wildman–Crippen LogP) is 1.68. The van der Waals surface area contributed by atoms with Crippen molar-refractivity contribution in [3.63, 3.8) is 0 Å². The van der Waals surface area contributed by atoms with Crippen LogP contribution < -0.4 is 5.32 Å². The van der Waals surface area contributed by atoms with Gasteiger partial charge in [0.1, 0.15) is 6.54 Å². The van der Waals surface area contributed by atoms with Gasteiger partial charge in [-0.05, 0) is 17.7 Å². The fourth-order valence-electron chi connectivity index (χ4n) is 2.11. The van der Waals surface area contributed by atoms with E-state index in [9.17, 15) is 9.59 Å². The standard InChI is InChI=1S/C16H14ClN5O4/c1-25-16(24)11-4-2-10(3-5-11)6-18-14(23)15-20-13(21-26-15)9-22-8-12(17)7-19-22/h2-5,7-8H,6,9H2,1H3,(H,18,23). The Morgan fingerprint density at radius 3 is 2.73 bits per heavy atom. The first kappa shape index (κ1) is 17.6. The Labute approximate surface area is 152 Å². The number of carbonyl (C=O) groups excluding carboxylic acids is 2. The summed E-state index contributed by atoms with van der Waals surface area (Å²) in [7, 11) is 1.32. The van der Waals surface area contributed by atoms with Crippen molar-refractivity contribution in [1.82, 2.24) is 25.2 Å². The number of amides is 1. The molecule has 0 aliphatic rings. The molecule has 0 spiro atoms. The van der Waals surface area contributed by atoms with Gasteiger partial charge in [-0.3, -0.25) is 9.48 Å². The van der Waals surface area contributed by atoms with Gasteiger partial charge < -0.3 is 14.6 Å². The van der Waals surface area contributed by atoms with Crippen LogP contribution in [-0.2, 0) is 17.8 Å². The minimum absolute atomic E-state index is 0.149. The summed E-state index contributed by atoms with van der Waals surface area (Å²) in [4.78, 5) is 27.5. The molecule has 0 aliphatic carbocycles. The molecular formula is C16H14ClN5O4. The number of carbonyl (C=O) groups is 2. The molecule has 26 heavy (non-hydrogen) atoms. The topological polar surface area (TPSA) is 112 Å². The third-order valence-corrected chi connectivity index (χ3v) is 3.59. The number of nitrogens with zero attached hydrogens (tertiary/aromatic N) is 4. The highest BCUT2D eigenvalue weighted by Crippen LogP contribution is 2.08. The summed E-state index contributed by atoms with van der Waals surface area (Å²) < 4.78 is 11.1. The summed E-state index contributed by atoms with van der Waals surface area (Å²) in [5.74, 6) is -0.765. The highest BCUT2D eigenvalue weighted by molar-refractivity contribution is 6.30.